The quantitative estimate of drug-likeness (QED) is 0.554. The summed E-state index contributed by atoms with van der Waals surface area (Å²) >= 11 is 0. The number of halogens is 3. The zero-order valence-corrected chi connectivity index (χ0v) is 5.11. The molecule has 1 aliphatic rings. The molecule has 5 heteroatoms. The Labute approximate surface area is 56.4 Å². The van der Waals surface area contributed by atoms with Crippen LogP contribution >= 0.6 is 0 Å². The first kappa shape index (κ1) is 7.81. The SMILES string of the molecule is FC(F)(F)C1CN[CH]CO1. The monoisotopic (exact) mass is 154 g/mol. The van der Waals surface area contributed by atoms with Gasteiger partial charge in [0.05, 0.1) is 6.61 Å². The molecule has 1 N–H and O–H groups in total. The fraction of sp³-hybridized carbons (Fsp3) is 0.800. The maximum Gasteiger partial charge on any atom is 0.415 e. The summed E-state index contributed by atoms with van der Waals surface area (Å²) in [5.41, 5.74) is 0. The topological polar surface area (TPSA) is 21.3 Å². The van der Waals surface area contributed by atoms with E-state index in [1.54, 1.807) is 0 Å². The Balaban J connectivity index is 2.39. The second kappa shape index (κ2) is 2.75. The molecule has 1 aliphatic heterocycles. The van der Waals surface area contributed by atoms with Gasteiger partial charge in [0.1, 0.15) is 0 Å². The molecule has 0 aliphatic carbocycles. The van der Waals surface area contributed by atoms with Gasteiger partial charge in [0, 0.05) is 13.1 Å². The molecule has 1 fully saturated rings. The van der Waals surface area contributed by atoms with Crippen molar-refractivity contribution in [2.24, 2.45) is 0 Å². The Bertz CT molecular complexity index is 108. The zero-order valence-electron chi connectivity index (χ0n) is 5.11. The molecule has 1 rings (SSSR count). The van der Waals surface area contributed by atoms with Crippen LogP contribution in [0, 0.1) is 6.54 Å². The Morgan fingerprint density at radius 2 is 2.20 bits per heavy atom. The van der Waals surface area contributed by atoms with E-state index in [9.17, 15) is 13.2 Å². The van der Waals surface area contributed by atoms with Crippen molar-refractivity contribution < 1.29 is 17.9 Å². The molecule has 59 valence electrons. The standard InChI is InChI=1S/C5H7F3NO/c6-5(7,8)4-3-9-1-2-10-4/h1,4,9H,2-3H2. The second-order valence-corrected chi connectivity index (χ2v) is 1.98. The van der Waals surface area contributed by atoms with Crippen molar-refractivity contribution in [1.29, 1.82) is 0 Å². The van der Waals surface area contributed by atoms with Crippen LogP contribution in [0.5, 0.6) is 0 Å². The Hall–Kier alpha value is -0.290. The van der Waals surface area contributed by atoms with Gasteiger partial charge in [-0.15, -0.1) is 0 Å². The molecule has 1 unspecified atom stereocenters. The number of ether oxygens (including phenoxy) is 1. The smallest absolute Gasteiger partial charge is 0.366 e. The second-order valence-electron chi connectivity index (χ2n) is 1.98. The fourth-order valence-corrected chi connectivity index (χ4v) is 0.683. The Kier molecular flexibility index (Phi) is 2.15. The third kappa shape index (κ3) is 1.85. The highest BCUT2D eigenvalue weighted by Crippen LogP contribution is 2.23. The normalized spacial score (nSPS) is 28.5. The molecule has 0 amide bonds. The molecule has 0 saturated carbocycles. The van der Waals surface area contributed by atoms with Crippen molar-refractivity contribution in [1.82, 2.24) is 5.32 Å². The summed E-state index contributed by atoms with van der Waals surface area (Å²) in [4.78, 5) is 0. The van der Waals surface area contributed by atoms with E-state index in [2.05, 4.69) is 10.1 Å². The highest BCUT2D eigenvalue weighted by Gasteiger charge is 2.41. The average Bonchev–Trinajstić information content (AvgIpc) is 1.88. The van der Waals surface area contributed by atoms with Crippen LogP contribution < -0.4 is 5.32 Å². The number of alkyl halides is 3. The van der Waals surface area contributed by atoms with Crippen LogP contribution in [0.4, 0.5) is 13.2 Å². The minimum Gasteiger partial charge on any atom is -0.366 e. The molecule has 1 radical (unpaired) electrons. The van der Waals surface area contributed by atoms with Gasteiger partial charge in [-0.05, 0) is 0 Å². The maximum atomic E-state index is 11.8. The van der Waals surface area contributed by atoms with Gasteiger partial charge in [0.2, 0.25) is 0 Å². The molecule has 1 heterocycles. The van der Waals surface area contributed by atoms with Gasteiger partial charge < -0.3 is 10.1 Å². The van der Waals surface area contributed by atoms with Crippen molar-refractivity contribution >= 4 is 0 Å². The van der Waals surface area contributed by atoms with Crippen LogP contribution in [-0.2, 0) is 4.74 Å². The van der Waals surface area contributed by atoms with E-state index < -0.39 is 12.3 Å². The predicted molar refractivity (Wildman–Crippen MR) is 28.1 cm³/mol. The van der Waals surface area contributed by atoms with E-state index in [4.69, 9.17) is 0 Å². The average molecular weight is 154 g/mol. The van der Waals surface area contributed by atoms with Crippen LogP contribution in [0.1, 0.15) is 0 Å². The van der Waals surface area contributed by atoms with Crippen molar-refractivity contribution in [3.63, 3.8) is 0 Å². The van der Waals surface area contributed by atoms with Crippen LogP contribution in [0.3, 0.4) is 0 Å². The van der Waals surface area contributed by atoms with E-state index in [0.717, 1.165) is 0 Å². The lowest BCUT2D eigenvalue weighted by molar-refractivity contribution is -0.221. The first-order valence-corrected chi connectivity index (χ1v) is 2.84. The number of hydrogen-bond acceptors (Lipinski definition) is 2. The van der Waals surface area contributed by atoms with Gasteiger partial charge in [0.25, 0.3) is 0 Å². The summed E-state index contributed by atoms with van der Waals surface area (Å²) < 4.78 is 39.7. The summed E-state index contributed by atoms with van der Waals surface area (Å²) in [5.74, 6) is 0. The van der Waals surface area contributed by atoms with E-state index in [-0.39, 0.29) is 13.2 Å². The molecular formula is C5H7F3NO. The molecular weight excluding hydrogens is 147 g/mol. The van der Waals surface area contributed by atoms with Crippen LogP contribution in [0.15, 0.2) is 0 Å². The third-order valence-electron chi connectivity index (χ3n) is 1.19. The van der Waals surface area contributed by atoms with Crippen molar-refractivity contribution in [2.75, 3.05) is 13.2 Å². The number of hydrogen-bond donors (Lipinski definition) is 1. The molecule has 0 aromatic rings. The van der Waals surface area contributed by atoms with Crippen LogP contribution in [0.25, 0.3) is 0 Å². The number of rotatable bonds is 0. The van der Waals surface area contributed by atoms with Crippen molar-refractivity contribution in [2.45, 2.75) is 12.3 Å². The molecule has 0 aromatic carbocycles. The van der Waals surface area contributed by atoms with Crippen molar-refractivity contribution in [3.05, 3.63) is 6.54 Å². The van der Waals surface area contributed by atoms with Gasteiger partial charge in [0.15, 0.2) is 6.10 Å². The number of morpholine rings is 1. The van der Waals surface area contributed by atoms with Crippen molar-refractivity contribution in [3.8, 4) is 0 Å². The van der Waals surface area contributed by atoms with E-state index in [0.29, 0.717) is 0 Å². The molecule has 0 aromatic heterocycles. The largest absolute Gasteiger partial charge is 0.415 e. The number of nitrogens with one attached hydrogen (secondary N) is 1. The Morgan fingerprint density at radius 3 is 2.50 bits per heavy atom. The highest BCUT2D eigenvalue weighted by atomic mass is 19.4. The lowest BCUT2D eigenvalue weighted by Gasteiger charge is -2.24. The molecule has 0 bridgehead atoms. The highest BCUT2D eigenvalue weighted by molar-refractivity contribution is 4.78. The van der Waals surface area contributed by atoms with E-state index in [1.165, 1.54) is 6.54 Å². The van der Waals surface area contributed by atoms with Crippen LogP contribution in [-0.4, -0.2) is 25.4 Å². The minimum atomic E-state index is -4.23. The van der Waals surface area contributed by atoms with Crippen LogP contribution in [0.2, 0.25) is 0 Å². The molecule has 1 atom stereocenters. The summed E-state index contributed by atoms with van der Waals surface area (Å²) in [6.45, 7) is 1.30. The molecule has 1 saturated heterocycles. The molecule has 10 heavy (non-hydrogen) atoms. The lowest BCUT2D eigenvalue weighted by Crippen LogP contribution is -2.44. The first-order valence-electron chi connectivity index (χ1n) is 2.84. The van der Waals surface area contributed by atoms with E-state index >= 15 is 0 Å². The summed E-state index contributed by atoms with van der Waals surface area (Å²) in [6, 6.07) is 0. The fourth-order valence-electron chi connectivity index (χ4n) is 0.683. The van der Waals surface area contributed by atoms with Gasteiger partial charge >= 0.3 is 6.18 Å². The molecule has 0 spiro atoms. The van der Waals surface area contributed by atoms with Gasteiger partial charge in [-0.1, -0.05) is 0 Å². The lowest BCUT2D eigenvalue weighted by atomic mass is 10.3. The first-order chi connectivity index (χ1) is 4.61. The summed E-state index contributed by atoms with van der Waals surface area (Å²) in [7, 11) is 0. The summed E-state index contributed by atoms with van der Waals surface area (Å²) in [6.07, 6.45) is -5.88. The van der Waals surface area contributed by atoms with Gasteiger partial charge in [-0.3, -0.25) is 0 Å². The molecule has 2 nitrogen and oxygen atoms in total. The summed E-state index contributed by atoms with van der Waals surface area (Å²) in [5, 5.41) is 2.47. The van der Waals surface area contributed by atoms with E-state index in [1.807, 2.05) is 0 Å². The van der Waals surface area contributed by atoms with Gasteiger partial charge in [-0.2, -0.15) is 13.2 Å². The maximum absolute atomic E-state index is 11.8. The predicted octanol–water partition coefficient (Wildman–Crippen LogP) is 0.699. The zero-order chi connectivity index (χ0) is 7.61. The van der Waals surface area contributed by atoms with Gasteiger partial charge in [-0.25, -0.2) is 0 Å². The minimum absolute atomic E-state index is 0.0180. The Morgan fingerprint density at radius 1 is 1.50 bits per heavy atom. The third-order valence-corrected chi connectivity index (χ3v) is 1.19.